The van der Waals surface area contributed by atoms with Gasteiger partial charge in [0.05, 0.1) is 12.1 Å². The number of carbonyl (C=O) groups excluding carboxylic acids is 1. The van der Waals surface area contributed by atoms with Crippen LogP contribution in [-0.4, -0.2) is 25.4 Å². The van der Waals surface area contributed by atoms with Crippen LogP contribution in [0.1, 0.15) is 23.6 Å². The molecular weight excluding hydrogens is 485 g/mol. The maximum Gasteiger partial charge on any atom is 0.423 e. The first kappa shape index (κ1) is 24.5. The Morgan fingerprint density at radius 1 is 1.09 bits per heavy atom. The Hall–Kier alpha value is -2.17. The SMILES string of the molecule is CC(=O)NCc1ccc(N2COC(c3cc(Cl)cc(Cl)c3)(C(F)(F)F)C2)cc1C(F)(F)F. The molecule has 0 spiro atoms. The van der Waals surface area contributed by atoms with Crippen molar-refractivity contribution in [1.29, 1.82) is 0 Å². The number of carbonyl (C=O) groups is 1. The second kappa shape index (κ2) is 8.64. The van der Waals surface area contributed by atoms with Gasteiger partial charge in [-0.25, -0.2) is 0 Å². The summed E-state index contributed by atoms with van der Waals surface area (Å²) >= 11 is 11.7. The Balaban J connectivity index is 2.00. The summed E-state index contributed by atoms with van der Waals surface area (Å²) in [7, 11) is 0. The third-order valence-electron chi connectivity index (χ3n) is 4.96. The van der Waals surface area contributed by atoms with Gasteiger partial charge in [0.15, 0.2) is 0 Å². The highest BCUT2D eigenvalue weighted by molar-refractivity contribution is 6.34. The Bertz CT molecular complexity index is 1010. The predicted octanol–water partition coefficient (Wildman–Crippen LogP) is 5.90. The average molecular weight is 501 g/mol. The van der Waals surface area contributed by atoms with Crippen molar-refractivity contribution < 1.29 is 35.9 Å². The van der Waals surface area contributed by atoms with E-state index in [1.807, 2.05) is 0 Å². The fourth-order valence-electron chi connectivity index (χ4n) is 3.41. The third-order valence-corrected chi connectivity index (χ3v) is 5.40. The van der Waals surface area contributed by atoms with E-state index in [2.05, 4.69) is 5.32 Å². The molecule has 0 aliphatic carbocycles. The topological polar surface area (TPSA) is 41.6 Å². The largest absolute Gasteiger partial charge is 0.423 e. The van der Waals surface area contributed by atoms with Crippen LogP contribution in [0.25, 0.3) is 0 Å². The standard InChI is InChI=1S/C20H16Cl2F6N2O2/c1-11(31)29-8-12-2-3-16(7-17(12)19(23,24)25)30-9-18(32-10-30,20(26,27)28)13-4-14(21)6-15(22)5-13/h2-7H,8-10H2,1H3,(H,29,31). The lowest BCUT2D eigenvalue weighted by Crippen LogP contribution is -2.46. The average Bonchev–Trinajstić information content (AvgIpc) is 3.11. The van der Waals surface area contributed by atoms with Gasteiger partial charge in [-0.05, 0) is 41.5 Å². The lowest BCUT2D eigenvalue weighted by molar-refractivity contribution is -0.264. The Labute approximate surface area is 189 Å². The van der Waals surface area contributed by atoms with Gasteiger partial charge in [-0.2, -0.15) is 26.3 Å². The van der Waals surface area contributed by atoms with Crippen LogP contribution in [0.15, 0.2) is 36.4 Å². The molecule has 2 aromatic rings. The van der Waals surface area contributed by atoms with Gasteiger partial charge in [0.2, 0.25) is 11.5 Å². The molecule has 32 heavy (non-hydrogen) atoms. The molecule has 174 valence electrons. The van der Waals surface area contributed by atoms with E-state index in [1.54, 1.807) is 0 Å². The number of benzene rings is 2. The van der Waals surface area contributed by atoms with Crippen LogP contribution in [-0.2, 0) is 27.9 Å². The number of rotatable bonds is 4. The van der Waals surface area contributed by atoms with Crippen LogP contribution in [0.5, 0.6) is 0 Å². The molecule has 0 radical (unpaired) electrons. The third kappa shape index (κ3) is 4.92. The van der Waals surface area contributed by atoms with Crippen LogP contribution < -0.4 is 10.2 Å². The zero-order valence-electron chi connectivity index (χ0n) is 16.4. The van der Waals surface area contributed by atoms with Crippen LogP contribution in [0.3, 0.4) is 0 Å². The van der Waals surface area contributed by atoms with Gasteiger partial charge in [-0.3, -0.25) is 4.79 Å². The number of alkyl halides is 6. The molecule has 1 unspecified atom stereocenters. The van der Waals surface area contributed by atoms with Crippen molar-refractivity contribution in [1.82, 2.24) is 5.32 Å². The second-order valence-corrected chi connectivity index (χ2v) is 8.08. The number of ether oxygens (including phenoxy) is 1. The Kier molecular flexibility index (Phi) is 6.61. The summed E-state index contributed by atoms with van der Waals surface area (Å²) in [5, 5.41) is 2.19. The van der Waals surface area contributed by atoms with Crippen molar-refractivity contribution in [2.24, 2.45) is 0 Å². The fourth-order valence-corrected chi connectivity index (χ4v) is 3.94. The highest BCUT2D eigenvalue weighted by Gasteiger charge is 2.61. The van der Waals surface area contributed by atoms with E-state index in [0.717, 1.165) is 36.1 Å². The van der Waals surface area contributed by atoms with E-state index in [4.69, 9.17) is 27.9 Å². The van der Waals surface area contributed by atoms with Crippen molar-refractivity contribution in [2.75, 3.05) is 18.2 Å². The summed E-state index contributed by atoms with van der Waals surface area (Å²) < 4.78 is 88.2. The molecule has 3 rings (SSSR count). The predicted molar refractivity (Wildman–Crippen MR) is 106 cm³/mol. The number of halogens is 8. The fraction of sp³-hybridized carbons (Fsp3) is 0.350. The molecule has 1 heterocycles. The molecule has 1 amide bonds. The van der Waals surface area contributed by atoms with Crippen LogP contribution in [0.4, 0.5) is 32.0 Å². The minimum atomic E-state index is -4.91. The summed E-state index contributed by atoms with van der Waals surface area (Å²) in [5.74, 6) is -0.523. The molecule has 1 aliphatic heterocycles. The summed E-state index contributed by atoms with van der Waals surface area (Å²) in [6, 6.07) is 6.46. The lowest BCUT2D eigenvalue weighted by atomic mass is 9.92. The molecular formula is C20H16Cl2F6N2O2. The summed E-state index contributed by atoms with van der Waals surface area (Å²) in [6.07, 6.45) is -9.69. The number of nitrogens with zero attached hydrogens (tertiary/aromatic N) is 1. The van der Waals surface area contributed by atoms with Crippen LogP contribution in [0.2, 0.25) is 10.0 Å². The van der Waals surface area contributed by atoms with E-state index < -0.39 is 42.7 Å². The summed E-state index contributed by atoms with van der Waals surface area (Å²) in [4.78, 5) is 12.1. The Morgan fingerprint density at radius 3 is 2.25 bits per heavy atom. The number of anilines is 1. The van der Waals surface area contributed by atoms with Gasteiger partial charge in [-0.15, -0.1) is 0 Å². The second-order valence-electron chi connectivity index (χ2n) is 7.20. The molecule has 12 heteroatoms. The van der Waals surface area contributed by atoms with E-state index in [9.17, 15) is 31.1 Å². The van der Waals surface area contributed by atoms with E-state index in [1.165, 1.54) is 12.1 Å². The zero-order chi connectivity index (χ0) is 23.9. The molecule has 2 aromatic carbocycles. The van der Waals surface area contributed by atoms with Gasteiger partial charge < -0.3 is 15.0 Å². The van der Waals surface area contributed by atoms with Gasteiger partial charge in [0.1, 0.15) is 6.73 Å². The van der Waals surface area contributed by atoms with Gasteiger partial charge in [0, 0.05) is 29.2 Å². The van der Waals surface area contributed by atoms with E-state index >= 15 is 0 Å². The van der Waals surface area contributed by atoms with Gasteiger partial charge in [-0.1, -0.05) is 29.3 Å². The highest BCUT2D eigenvalue weighted by atomic mass is 35.5. The molecule has 0 bridgehead atoms. The van der Waals surface area contributed by atoms with Crippen molar-refractivity contribution in [2.45, 2.75) is 31.4 Å². The molecule has 0 saturated carbocycles. The number of hydrogen-bond donors (Lipinski definition) is 1. The molecule has 1 atom stereocenters. The first-order chi connectivity index (χ1) is 14.7. The maximum absolute atomic E-state index is 14.1. The smallest absolute Gasteiger partial charge is 0.352 e. The molecule has 1 fully saturated rings. The van der Waals surface area contributed by atoms with Crippen molar-refractivity contribution in [3.63, 3.8) is 0 Å². The van der Waals surface area contributed by atoms with Gasteiger partial charge in [0.25, 0.3) is 0 Å². The minimum Gasteiger partial charge on any atom is -0.352 e. The number of hydrogen-bond acceptors (Lipinski definition) is 3. The summed E-state index contributed by atoms with van der Waals surface area (Å²) in [5.41, 5.74) is -4.61. The number of amides is 1. The monoisotopic (exact) mass is 500 g/mol. The Morgan fingerprint density at radius 2 is 1.72 bits per heavy atom. The van der Waals surface area contributed by atoms with E-state index in [0.29, 0.717) is 0 Å². The summed E-state index contributed by atoms with van der Waals surface area (Å²) in [6.45, 7) is -0.655. The molecule has 1 aliphatic rings. The lowest BCUT2D eigenvalue weighted by Gasteiger charge is -2.31. The first-order valence-corrected chi connectivity index (χ1v) is 9.85. The quantitative estimate of drug-likeness (QED) is 0.531. The minimum absolute atomic E-state index is 0.0418. The van der Waals surface area contributed by atoms with Crippen molar-refractivity contribution >= 4 is 34.8 Å². The maximum atomic E-state index is 14.1. The van der Waals surface area contributed by atoms with Gasteiger partial charge >= 0.3 is 12.4 Å². The molecule has 1 saturated heterocycles. The van der Waals surface area contributed by atoms with Crippen molar-refractivity contribution in [3.05, 3.63) is 63.1 Å². The van der Waals surface area contributed by atoms with Crippen LogP contribution >= 0.6 is 23.2 Å². The normalized spacial score (nSPS) is 19.3. The zero-order valence-corrected chi connectivity index (χ0v) is 17.9. The molecule has 4 nitrogen and oxygen atoms in total. The van der Waals surface area contributed by atoms with Crippen LogP contribution in [0, 0.1) is 0 Å². The van der Waals surface area contributed by atoms with E-state index in [-0.39, 0.29) is 33.4 Å². The molecule has 1 N–H and O–H groups in total. The highest BCUT2D eigenvalue weighted by Crippen LogP contribution is 2.48. The van der Waals surface area contributed by atoms with Crippen molar-refractivity contribution in [3.8, 4) is 0 Å². The number of nitrogens with one attached hydrogen (secondary N) is 1. The molecule has 0 aromatic heterocycles. The first-order valence-electron chi connectivity index (χ1n) is 9.10.